The van der Waals surface area contributed by atoms with E-state index in [4.69, 9.17) is 5.11 Å². The first-order valence-corrected chi connectivity index (χ1v) is 7.73. The van der Waals surface area contributed by atoms with Crippen molar-refractivity contribution < 1.29 is 18.3 Å². The molecule has 0 saturated heterocycles. The fourth-order valence-electron chi connectivity index (χ4n) is 2.07. The van der Waals surface area contributed by atoms with Gasteiger partial charge in [-0.25, -0.2) is 13.2 Å². The van der Waals surface area contributed by atoms with Crippen LogP contribution < -0.4 is 4.72 Å². The average Bonchev–Trinajstić information content (AvgIpc) is 3.07. The van der Waals surface area contributed by atoms with Crippen molar-refractivity contribution in [1.82, 2.24) is 15.2 Å². The number of carboxylic acids is 1. The average molecular weight is 320 g/mol. The molecule has 0 unspecified atom stereocenters. The van der Waals surface area contributed by atoms with Crippen LogP contribution in [0.5, 0.6) is 0 Å². The number of fused-ring (bicyclic) bond motifs is 1. The Labute approximate surface area is 125 Å². The number of carboxylic acid groups (broad SMARTS) is 1. The van der Waals surface area contributed by atoms with E-state index in [1.54, 1.807) is 25.3 Å². The van der Waals surface area contributed by atoms with Crippen molar-refractivity contribution in [2.24, 2.45) is 0 Å². The first-order valence-electron chi connectivity index (χ1n) is 6.25. The third kappa shape index (κ3) is 2.42. The Morgan fingerprint density at radius 2 is 2.09 bits per heavy atom. The lowest BCUT2D eigenvalue weighted by atomic mass is 10.1. The predicted octanol–water partition coefficient (Wildman–Crippen LogP) is 1.70. The zero-order chi connectivity index (χ0) is 15.9. The maximum absolute atomic E-state index is 12.3. The van der Waals surface area contributed by atoms with Crippen molar-refractivity contribution in [3.8, 4) is 0 Å². The second-order valence-electron chi connectivity index (χ2n) is 4.78. The number of hydrogen-bond acceptors (Lipinski definition) is 4. The monoisotopic (exact) mass is 320 g/mol. The zero-order valence-corrected chi connectivity index (χ0v) is 12.2. The number of nitrogens with zero attached hydrogens (tertiary/aromatic N) is 1. The molecular weight excluding hydrogens is 308 g/mol. The smallest absolute Gasteiger partial charge is 0.352 e. The van der Waals surface area contributed by atoms with Gasteiger partial charge in [-0.3, -0.25) is 9.82 Å². The largest absolute Gasteiger partial charge is 0.477 e. The van der Waals surface area contributed by atoms with Gasteiger partial charge in [-0.2, -0.15) is 5.10 Å². The fourth-order valence-corrected chi connectivity index (χ4v) is 3.19. The molecule has 2 heterocycles. The molecule has 0 radical (unpaired) electrons. The highest BCUT2D eigenvalue weighted by Gasteiger charge is 2.19. The minimum atomic E-state index is -3.88. The lowest BCUT2D eigenvalue weighted by Crippen LogP contribution is -2.13. The van der Waals surface area contributed by atoms with E-state index >= 15 is 0 Å². The molecule has 0 fully saturated rings. The number of hydrogen-bond donors (Lipinski definition) is 4. The third-order valence-corrected chi connectivity index (χ3v) is 4.57. The van der Waals surface area contributed by atoms with Gasteiger partial charge in [0, 0.05) is 11.6 Å². The number of H-pyrrole nitrogens is 2. The topological polar surface area (TPSA) is 128 Å². The van der Waals surface area contributed by atoms with E-state index < -0.39 is 16.0 Å². The molecular formula is C13H12N4O4S. The molecule has 9 heteroatoms. The van der Waals surface area contributed by atoms with Gasteiger partial charge < -0.3 is 10.1 Å². The highest BCUT2D eigenvalue weighted by atomic mass is 32.2. The number of benzene rings is 1. The highest BCUT2D eigenvalue weighted by molar-refractivity contribution is 7.92. The Bertz CT molecular complexity index is 971. The molecule has 0 aliphatic rings. The number of nitrogens with one attached hydrogen (secondary N) is 3. The highest BCUT2D eigenvalue weighted by Crippen LogP contribution is 2.24. The predicted molar refractivity (Wildman–Crippen MR) is 79.4 cm³/mol. The van der Waals surface area contributed by atoms with Crippen molar-refractivity contribution in [2.75, 3.05) is 4.72 Å². The molecule has 0 spiro atoms. The first kappa shape index (κ1) is 14.1. The van der Waals surface area contributed by atoms with Crippen molar-refractivity contribution in [3.63, 3.8) is 0 Å². The van der Waals surface area contributed by atoms with Crippen LogP contribution in [0.4, 0.5) is 5.69 Å². The summed E-state index contributed by atoms with van der Waals surface area (Å²) >= 11 is 0. The van der Waals surface area contributed by atoms with Gasteiger partial charge in [0.15, 0.2) is 0 Å². The minimum absolute atomic E-state index is 0.144. The molecule has 2 aromatic heterocycles. The van der Waals surface area contributed by atoms with Gasteiger partial charge in [-0.1, -0.05) is 0 Å². The van der Waals surface area contributed by atoms with Crippen LogP contribution in [0.15, 0.2) is 35.5 Å². The van der Waals surface area contributed by atoms with Gasteiger partial charge in [-0.15, -0.1) is 0 Å². The van der Waals surface area contributed by atoms with Crippen molar-refractivity contribution in [3.05, 3.63) is 41.9 Å². The van der Waals surface area contributed by atoms with Gasteiger partial charge >= 0.3 is 5.97 Å². The maximum atomic E-state index is 12.3. The molecule has 0 bridgehead atoms. The van der Waals surface area contributed by atoms with Crippen molar-refractivity contribution >= 4 is 32.6 Å². The SMILES string of the molecule is Cc1cc2cn[nH]c2cc1NS(=O)(=O)c1c[nH]c(C(=O)O)c1. The van der Waals surface area contributed by atoms with Crippen LogP contribution in [0.1, 0.15) is 16.1 Å². The lowest BCUT2D eigenvalue weighted by molar-refractivity contribution is 0.0691. The summed E-state index contributed by atoms with van der Waals surface area (Å²) in [5.74, 6) is -1.23. The van der Waals surface area contributed by atoms with E-state index in [-0.39, 0.29) is 10.6 Å². The normalized spacial score (nSPS) is 11.7. The molecule has 1 aromatic carbocycles. The molecule has 114 valence electrons. The van der Waals surface area contributed by atoms with Crippen LogP contribution in [-0.4, -0.2) is 34.7 Å². The van der Waals surface area contributed by atoms with Crippen LogP contribution in [0, 0.1) is 6.92 Å². The van der Waals surface area contributed by atoms with E-state index in [0.29, 0.717) is 11.2 Å². The Balaban J connectivity index is 1.98. The minimum Gasteiger partial charge on any atom is -0.477 e. The van der Waals surface area contributed by atoms with Crippen molar-refractivity contribution in [1.29, 1.82) is 0 Å². The number of aromatic amines is 2. The molecule has 3 rings (SSSR count). The van der Waals surface area contributed by atoms with E-state index in [1.165, 1.54) is 0 Å². The second kappa shape index (κ2) is 4.88. The van der Waals surface area contributed by atoms with Gasteiger partial charge in [-0.05, 0) is 30.7 Å². The standard InChI is InChI=1S/C13H12N4O4S/c1-7-2-8-5-15-16-11(8)4-10(7)17-22(20,21)9-3-12(13(18)19)14-6-9/h2-6,14,17H,1H3,(H,15,16)(H,18,19). The van der Waals surface area contributed by atoms with Gasteiger partial charge in [0.05, 0.1) is 17.4 Å². The number of anilines is 1. The van der Waals surface area contributed by atoms with Crippen LogP contribution in [0.3, 0.4) is 0 Å². The maximum Gasteiger partial charge on any atom is 0.352 e. The van der Waals surface area contributed by atoms with Gasteiger partial charge in [0.25, 0.3) is 10.0 Å². The summed E-state index contributed by atoms with van der Waals surface area (Å²) < 4.78 is 27.1. The second-order valence-corrected chi connectivity index (χ2v) is 6.47. The summed E-state index contributed by atoms with van der Waals surface area (Å²) in [6.45, 7) is 1.77. The molecule has 4 N–H and O–H groups in total. The number of aromatic nitrogens is 3. The molecule has 0 aliphatic heterocycles. The summed E-state index contributed by atoms with van der Waals surface area (Å²) in [5, 5.41) is 16.4. The molecule has 8 nitrogen and oxygen atoms in total. The molecule has 0 aliphatic carbocycles. The molecule has 0 atom stereocenters. The fraction of sp³-hybridized carbons (Fsp3) is 0.0769. The molecule has 0 saturated carbocycles. The van der Waals surface area contributed by atoms with Crippen LogP contribution in [-0.2, 0) is 10.0 Å². The number of carbonyl (C=O) groups is 1. The summed E-state index contributed by atoms with van der Waals surface area (Å²) in [7, 11) is -3.88. The van der Waals surface area contributed by atoms with Crippen LogP contribution >= 0.6 is 0 Å². The summed E-state index contributed by atoms with van der Waals surface area (Å²) in [6.07, 6.45) is 2.78. The Hall–Kier alpha value is -2.81. The Morgan fingerprint density at radius 3 is 2.77 bits per heavy atom. The van der Waals surface area contributed by atoms with E-state index in [2.05, 4.69) is 19.9 Å². The van der Waals surface area contributed by atoms with E-state index in [1.807, 2.05) is 0 Å². The zero-order valence-electron chi connectivity index (χ0n) is 11.4. The number of rotatable bonds is 4. The summed E-state index contributed by atoms with van der Waals surface area (Å²) in [5.41, 5.74) is 1.63. The quantitative estimate of drug-likeness (QED) is 0.581. The lowest BCUT2D eigenvalue weighted by Gasteiger charge is -2.09. The first-order chi connectivity index (χ1) is 10.4. The van der Waals surface area contributed by atoms with Gasteiger partial charge in [0.2, 0.25) is 0 Å². The third-order valence-electron chi connectivity index (χ3n) is 3.23. The molecule has 3 aromatic rings. The molecule has 22 heavy (non-hydrogen) atoms. The van der Waals surface area contributed by atoms with E-state index in [9.17, 15) is 13.2 Å². The Kier molecular flexibility index (Phi) is 3.14. The number of aromatic carboxylic acids is 1. The van der Waals surface area contributed by atoms with E-state index in [0.717, 1.165) is 23.2 Å². The Morgan fingerprint density at radius 1 is 1.32 bits per heavy atom. The summed E-state index contributed by atoms with van der Waals surface area (Å²) in [4.78, 5) is 13.1. The molecule has 0 amide bonds. The number of aryl methyl sites for hydroxylation is 1. The van der Waals surface area contributed by atoms with Crippen LogP contribution in [0.2, 0.25) is 0 Å². The summed E-state index contributed by atoms with van der Waals surface area (Å²) in [6, 6.07) is 4.51. The van der Waals surface area contributed by atoms with Crippen molar-refractivity contribution in [2.45, 2.75) is 11.8 Å². The van der Waals surface area contributed by atoms with Gasteiger partial charge in [0.1, 0.15) is 10.6 Å². The number of sulfonamides is 1. The van der Waals surface area contributed by atoms with Crippen LogP contribution in [0.25, 0.3) is 10.9 Å².